The van der Waals surface area contributed by atoms with E-state index in [2.05, 4.69) is 0 Å². The first kappa shape index (κ1) is 14.7. The Labute approximate surface area is 108 Å². The van der Waals surface area contributed by atoms with Crippen molar-refractivity contribution < 1.29 is 17.9 Å². The van der Waals surface area contributed by atoms with Gasteiger partial charge in [-0.1, -0.05) is 0 Å². The molecule has 0 unspecified atom stereocenters. The Morgan fingerprint density at radius 1 is 1.06 bits per heavy atom. The fourth-order valence-corrected chi connectivity index (χ4v) is 2.39. The van der Waals surface area contributed by atoms with Crippen LogP contribution in [0.2, 0.25) is 0 Å². The minimum atomic E-state index is -3.29. The smallest absolute Gasteiger partial charge is 0.338 e. The highest BCUT2D eigenvalue weighted by Crippen LogP contribution is 2.17. The van der Waals surface area contributed by atoms with Crippen LogP contribution in [0.1, 0.15) is 38.1 Å². The lowest BCUT2D eigenvalue weighted by Crippen LogP contribution is -2.15. The third-order valence-electron chi connectivity index (χ3n) is 2.38. The quantitative estimate of drug-likeness (QED) is 0.788. The van der Waals surface area contributed by atoms with Crippen molar-refractivity contribution in [2.24, 2.45) is 0 Å². The number of carbonyl (C=O) groups excluding carboxylic acids is 1. The van der Waals surface area contributed by atoms with Gasteiger partial charge in [0.2, 0.25) is 0 Å². The Balaban J connectivity index is 2.97. The number of sulfone groups is 1. The maximum atomic E-state index is 11.9. The first-order valence-electron chi connectivity index (χ1n) is 5.80. The van der Waals surface area contributed by atoms with E-state index in [1.165, 1.54) is 24.3 Å². The summed E-state index contributed by atoms with van der Waals surface area (Å²) in [6, 6.07) is 5.82. The molecule has 0 saturated heterocycles. The van der Waals surface area contributed by atoms with Gasteiger partial charge in [0.15, 0.2) is 9.84 Å². The fourth-order valence-electron chi connectivity index (χ4n) is 1.33. The van der Waals surface area contributed by atoms with E-state index in [1.807, 2.05) is 0 Å². The largest absolute Gasteiger partial charge is 0.459 e. The van der Waals surface area contributed by atoms with E-state index in [4.69, 9.17) is 4.74 Å². The van der Waals surface area contributed by atoms with Gasteiger partial charge >= 0.3 is 5.97 Å². The molecule has 1 rings (SSSR count). The molecule has 0 spiro atoms. The summed E-state index contributed by atoms with van der Waals surface area (Å²) in [5.74, 6) is -0.446. The van der Waals surface area contributed by atoms with Crippen molar-refractivity contribution in [3.63, 3.8) is 0 Å². The third-order valence-corrected chi connectivity index (χ3v) is 4.55. The minimum absolute atomic E-state index is 0.198. The Kier molecular flexibility index (Phi) is 4.51. The van der Waals surface area contributed by atoms with Crippen LogP contribution in [0.15, 0.2) is 29.2 Å². The maximum Gasteiger partial charge on any atom is 0.338 e. The second kappa shape index (κ2) is 5.52. The number of ether oxygens (including phenoxy) is 1. The lowest BCUT2D eigenvalue weighted by Gasteiger charge is -2.10. The molecule has 0 bridgehead atoms. The van der Waals surface area contributed by atoms with Crippen LogP contribution < -0.4 is 0 Å². The summed E-state index contributed by atoms with van der Waals surface area (Å²) in [7, 11) is -3.29. The Bertz CT molecular complexity index is 512. The number of hydrogen-bond donors (Lipinski definition) is 0. The highest BCUT2D eigenvalue weighted by Gasteiger charge is 2.19. The second-order valence-electron chi connectivity index (χ2n) is 4.57. The van der Waals surface area contributed by atoms with Crippen molar-refractivity contribution in [1.82, 2.24) is 0 Å². The third kappa shape index (κ3) is 3.32. The number of carbonyl (C=O) groups is 1. The highest BCUT2D eigenvalue weighted by atomic mass is 32.2. The van der Waals surface area contributed by atoms with Crippen molar-refractivity contribution in [2.45, 2.75) is 43.9 Å². The molecule has 1 aromatic rings. The number of hydrogen-bond acceptors (Lipinski definition) is 4. The molecular weight excluding hydrogens is 252 g/mol. The van der Waals surface area contributed by atoms with Gasteiger partial charge in [0.25, 0.3) is 0 Å². The molecule has 5 heteroatoms. The van der Waals surface area contributed by atoms with E-state index in [0.29, 0.717) is 5.56 Å². The van der Waals surface area contributed by atoms with E-state index in [9.17, 15) is 13.2 Å². The van der Waals surface area contributed by atoms with Crippen molar-refractivity contribution in [3.05, 3.63) is 29.8 Å². The number of rotatable bonds is 4. The zero-order valence-electron chi connectivity index (χ0n) is 11.0. The molecule has 0 atom stereocenters. The van der Waals surface area contributed by atoms with E-state index in [0.717, 1.165) is 0 Å². The molecule has 100 valence electrons. The Hall–Kier alpha value is -1.36. The normalized spacial score (nSPS) is 11.9. The van der Waals surface area contributed by atoms with E-state index < -0.39 is 21.1 Å². The van der Waals surface area contributed by atoms with Crippen LogP contribution in [0.25, 0.3) is 0 Å². The van der Waals surface area contributed by atoms with Crippen LogP contribution in [-0.2, 0) is 14.6 Å². The molecule has 4 nitrogen and oxygen atoms in total. The molecule has 0 fully saturated rings. The predicted molar refractivity (Wildman–Crippen MR) is 69.3 cm³/mol. The summed E-state index contributed by atoms with van der Waals surface area (Å²) in [4.78, 5) is 11.8. The number of esters is 1. The van der Waals surface area contributed by atoms with Crippen molar-refractivity contribution in [2.75, 3.05) is 0 Å². The van der Waals surface area contributed by atoms with Crippen molar-refractivity contribution in [1.29, 1.82) is 0 Å². The monoisotopic (exact) mass is 270 g/mol. The topological polar surface area (TPSA) is 60.4 Å². The maximum absolute atomic E-state index is 11.9. The van der Waals surface area contributed by atoms with Gasteiger partial charge in [-0.3, -0.25) is 0 Å². The molecule has 0 saturated carbocycles. The van der Waals surface area contributed by atoms with Crippen molar-refractivity contribution >= 4 is 15.8 Å². The predicted octanol–water partition coefficient (Wildman–Crippen LogP) is 2.43. The molecule has 0 aliphatic rings. The molecule has 0 aliphatic heterocycles. The van der Waals surface area contributed by atoms with Crippen LogP contribution >= 0.6 is 0 Å². The zero-order valence-corrected chi connectivity index (χ0v) is 11.8. The first-order chi connectivity index (χ1) is 8.25. The van der Waals surface area contributed by atoms with Gasteiger partial charge in [0, 0.05) is 0 Å². The molecule has 0 heterocycles. The van der Waals surface area contributed by atoms with E-state index >= 15 is 0 Å². The van der Waals surface area contributed by atoms with Crippen LogP contribution in [0, 0.1) is 0 Å². The zero-order chi connectivity index (χ0) is 13.9. The van der Waals surface area contributed by atoms with Gasteiger partial charge in [-0.2, -0.15) is 0 Å². The van der Waals surface area contributed by atoms with Crippen LogP contribution in [0.4, 0.5) is 0 Å². The lowest BCUT2D eigenvalue weighted by atomic mass is 10.2. The molecule has 18 heavy (non-hydrogen) atoms. The van der Waals surface area contributed by atoms with Gasteiger partial charge in [-0.25, -0.2) is 13.2 Å². The van der Waals surface area contributed by atoms with E-state index in [-0.39, 0.29) is 11.0 Å². The van der Waals surface area contributed by atoms with Gasteiger partial charge in [0.1, 0.15) is 0 Å². The van der Waals surface area contributed by atoms with Gasteiger partial charge in [-0.05, 0) is 52.0 Å². The molecule has 0 N–H and O–H groups in total. The summed E-state index contributed by atoms with van der Waals surface area (Å²) in [5.41, 5.74) is 0.353. The first-order valence-corrected chi connectivity index (χ1v) is 7.34. The molecule has 0 radical (unpaired) electrons. The summed E-state index contributed by atoms with van der Waals surface area (Å²) in [6.45, 7) is 6.76. The molecule has 0 amide bonds. The Morgan fingerprint density at radius 2 is 1.56 bits per heavy atom. The SMILES string of the molecule is CC(C)OC(=O)c1ccc(S(=O)(=O)C(C)C)cc1. The molecule has 0 aromatic heterocycles. The summed E-state index contributed by atoms with van der Waals surface area (Å²) < 4.78 is 28.8. The minimum Gasteiger partial charge on any atom is -0.459 e. The molecular formula is C13H18O4S. The van der Waals surface area contributed by atoms with Crippen LogP contribution in [0.5, 0.6) is 0 Å². The Morgan fingerprint density at radius 3 is 1.94 bits per heavy atom. The van der Waals surface area contributed by atoms with Crippen LogP contribution in [0.3, 0.4) is 0 Å². The van der Waals surface area contributed by atoms with E-state index in [1.54, 1.807) is 27.7 Å². The average Bonchev–Trinajstić information content (AvgIpc) is 2.28. The summed E-state index contributed by atoms with van der Waals surface area (Å²) in [6.07, 6.45) is -0.198. The summed E-state index contributed by atoms with van der Waals surface area (Å²) in [5, 5.41) is -0.481. The fraction of sp³-hybridized carbons (Fsp3) is 0.462. The average molecular weight is 270 g/mol. The molecule has 1 aromatic carbocycles. The summed E-state index contributed by atoms with van der Waals surface area (Å²) >= 11 is 0. The van der Waals surface area contributed by atoms with Crippen molar-refractivity contribution in [3.8, 4) is 0 Å². The van der Waals surface area contributed by atoms with Gasteiger partial charge < -0.3 is 4.74 Å². The molecule has 0 aliphatic carbocycles. The highest BCUT2D eigenvalue weighted by molar-refractivity contribution is 7.92. The lowest BCUT2D eigenvalue weighted by molar-refractivity contribution is 0.0378. The van der Waals surface area contributed by atoms with Crippen LogP contribution in [-0.4, -0.2) is 25.7 Å². The second-order valence-corrected chi connectivity index (χ2v) is 7.08. The number of benzene rings is 1. The van der Waals surface area contributed by atoms with Gasteiger partial charge in [-0.15, -0.1) is 0 Å². The van der Waals surface area contributed by atoms with Gasteiger partial charge in [0.05, 0.1) is 21.8 Å². The standard InChI is InChI=1S/C13H18O4S/c1-9(2)17-13(14)11-5-7-12(8-6-11)18(15,16)10(3)4/h5-10H,1-4H3.